The largest absolute Gasteiger partial charge is 0.397 e. The molecule has 10 nitrogen and oxygen atoms in total. The van der Waals surface area contributed by atoms with Gasteiger partial charge in [-0.05, 0) is 58.9 Å². The van der Waals surface area contributed by atoms with Crippen LogP contribution in [0.2, 0.25) is 0 Å². The summed E-state index contributed by atoms with van der Waals surface area (Å²) < 4.78 is 18.7. The molecule has 0 saturated carbocycles. The fourth-order valence-electron chi connectivity index (χ4n) is 6.66. The highest BCUT2D eigenvalue weighted by molar-refractivity contribution is 5.93. The molecule has 0 aliphatic carbocycles. The SMILES string of the molecule is Nc1ccccc1NC(=O)CCCCCC(=O)NCc1cccc(-c2ccc([C@H]3O[C@@H](CN4CCOCC4)C[C@@H](c4ccc(CO)cc4)O3)cc2)c1. The summed E-state index contributed by atoms with van der Waals surface area (Å²) in [6.07, 6.45) is 3.14. The molecule has 2 fully saturated rings. The Morgan fingerprint density at radius 1 is 0.769 bits per heavy atom. The monoisotopic (exact) mass is 706 g/mol. The molecule has 0 unspecified atom stereocenters. The number of para-hydroxylation sites is 2. The topological polar surface area (TPSA) is 135 Å². The maximum Gasteiger partial charge on any atom is 0.224 e. The highest BCUT2D eigenvalue weighted by atomic mass is 16.7. The van der Waals surface area contributed by atoms with Gasteiger partial charge in [0.2, 0.25) is 11.8 Å². The van der Waals surface area contributed by atoms with Crippen molar-refractivity contribution in [3.05, 3.63) is 119 Å². The zero-order chi connectivity index (χ0) is 36.1. The van der Waals surface area contributed by atoms with Crippen molar-refractivity contribution in [3.8, 4) is 11.1 Å². The first-order chi connectivity index (χ1) is 25.4. The minimum Gasteiger partial charge on any atom is -0.397 e. The quantitative estimate of drug-likeness (QED) is 0.0812. The lowest BCUT2D eigenvalue weighted by atomic mass is 9.99. The zero-order valence-corrected chi connectivity index (χ0v) is 29.7. The van der Waals surface area contributed by atoms with Gasteiger partial charge in [0, 0.05) is 51.0 Å². The smallest absolute Gasteiger partial charge is 0.224 e. The molecule has 2 aliphatic heterocycles. The molecule has 52 heavy (non-hydrogen) atoms. The molecule has 2 heterocycles. The van der Waals surface area contributed by atoms with E-state index in [4.69, 9.17) is 19.9 Å². The molecule has 0 radical (unpaired) electrons. The summed E-state index contributed by atoms with van der Waals surface area (Å²) in [4.78, 5) is 27.2. The van der Waals surface area contributed by atoms with E-state index in [0.29, 0.717) is 37.2 Å². The number of carbonyl (C=O) groups excluding carboxylic acids is 2. The fourth-order valence-corrected chi connectivity index (χ4v) is 6.66. The van der Waals surface area contributed by atoms with Crippen LogP contribution in [0.15, 0.2) is 97.1 Å². The summed E-state index contributed by atoms with van der Waals surface area (Å²) in [7, 11) is 0. The number of nitrogens with two attached hydrogens (primary N) is 1. The second kappa shape index (κ2) is 18.8. The number of aliphatic hydroxyl groups is 1. The number of carbonyl (C=O) groups is 2. The maximum atomic E-state index is 12.6. The van der Waals surface area contributed by atoms with Crippen LogP contribution in [-0.2, 0) is 37.0 Å². The molecule has 2 saturated heterocycles. The first kappa shape index (κ1) is 37.2. The minimum absolute atomic E-state index is 0.00156. The van der Waals surface area contributed by atoms with Crippen LogP contribution in [0, 0.1) is 0 Å². The van der Waals surface area contributed by atoms with E-state index in [1.165, 1.54) is 0 Å². The van der Waals surface area contributed by atoms with Crippen LogP contribution in [-0.4, -0.2) is 60.8 Å². The second-order valence-electron chi connectivity index (χ2n) is 13.6. The molecule has 4 aromatic rings. The number of hydrogen-bond acceptors (Lipinski definition) is 8. The molecule has 0 spiro atoms. The van der Waals surface area contributed by atoms with Gasteiger partial charge in [0.15, 0.2) is 6.29 Å². The third-order valence-electron chi connectivity index (χ3n) is 9.66. The number of benzene rings is 4. The molecular formula is C42H50N4O6. The van der Waals surface area contributed by atoms with E-state index < -0.39 is 6.29 Å². The van der Waals surface area contributed by atoms with Gasteiger partial charge in [-0.1, -0.05) is 85.3 Å². The Hall–Kier alpha value is -4.58. The molecule has 0 bridgehead atoms. The molecule has 0 aromatic heterocycles. The number of ether oxygens (including phenoxy) is 3. The summed E-state index contributed by atoms with van der Waals surface area (Å²) in [6.45, 7) is 4.55. The summed E-state index contributed by atoms with van der Waals surface area (Å²) in [6, 6.07) is 31.7. The van der Waals surface area contributed by atoms with Crippen LogP contribution >= 0.6 is 0 Å². The Morgan fingerprint density at radius 3 is 2.25 bits per heavy atom. The van der Waals surface area contributed by atoms with Crippen molar-refractivity contribution in [2.75, 3.05) is 43.9 Å². The predicted octanol–water partition coefficient (Wildman–Crippen LogP) is 6.51. The number of nitrogens with zero attached hydrogens (tertiary/aromatic N) is 1. The van der Waals surface area contributed by atoms with E-state index >= 15 is 0 Å². The molecular weight excluding hydrogens is 656 g/mol. The lowest BCUT2D eigenvalue weighted by molar-refractivity contribution is -0.253. The van der Waals surface area contributed by atoms with Crippen LogP contribution in [0.4, 0.5) is 11.4 Å². The third-order valence-corrected chi connectivity index (χ3v) is 9.66. The molecule has 6 rings (SSSR count). The Morgan fingerprint density at radius 2 is 1.50 bits per heavy atom. The van der Waals surface area contributed by atoms with Crippen molar-refractivity contribution in [1.82, 2.24) is 10.2 Å². The highest BCUT2D eigenvalue weighted by Crippen LogP contribution is 2.38. The number of nitrogens with one attached hydrogen (secondary N) is 2. The van der Waals surface area contributed by atoms with Crippen molar-refractivity contribution in [2.24, 2.45) is 0 Å². The van der Waals surface area contributed by atoms with E-state index in [2.05, 4.69) is 51.9 Å². The number of nitrogen functional groups attached to an aromatic ring is 1. The number of anilines is 2. The van der Waals surface area contributed by atoms with Gasteiger partial charge in [-0.15, -0.1) is 0 Å². The molecule has 274 valence electrons. The van der Waals surface area contributed by atoms with Crippen molar-refractivity contribution in [3.63, 3.8) is 0 Å². The minimum atomic E-state index is -0.510. The van der Waals surface area contributed by atoms with Gasteiger partial charge in [-0.25, -0.2) is 0 Å². The summed E-state index contributed by atoms with van der Waals surface area (Å²) >= 11 is 0. The number of unbranched alkanes of at least 4 members (excludes halogenated alkanes) is 2. The Balaban J connectivity index is 0.990. The molecule has 4 aromatic carbocycles. The standard InChI is InChI=1S/C42H50N4O6/c43-37-9-4-5-10-38(37)45-41(49)12-3-1-2-11-40(48)44-27-31-7-6-8-35(25-31)32-17-19-34(20-18-32)42-51-36(28-46-21-23-50-24-22-46)26-39(52-42)33-15-13-30(29-47)14-16-33/h4-10,13-20,25,36,39,42,47H,1-3,11-12,21-24,26-29,43H2,(H,44,48)(H,45,49)/t36-,39+,42+/m1/s1. The number of rotatable bonds is 15. The third kappa shape index (κ3) is 10.7. The van der Waals surface area contributed by atoms with Gasteiger partial charge < -0.3 is 35.7 Å². The van der Waals surface area contributed by atoms with Crippen LogP contribution in [0.25, 0.3) is 11.1 Å². The Kier molecular flexibility index (Phi) is 13.4. The van der Waals surface area contributed by atoms with Gasteiger partial charge in [-0.3, -0.25) is 14.5 Å². The van der Waals surface area contributed by atoms with Gasteiger partial charge in [0.05, 0.1) is 43.4 Å². The summed E-state index contributed by atoms with van der Waals surface area (Å²) in [5.41, 5.74) is 13.1. The first-order valence-corrected chi connectivity index (χ1v) is 18.3. The Labute approximate surface area is 306 Å². The molecule has 2 amide bonds. The van der Waals surface area contributed by atoms with Crippen molar-refractivity contribution in [2.45, 2.75) is 70.2 Å². The lowest BCUT2D eigenvalue weighted by Crippen LogP contribution is -2.44. The lowest BCUT2D eigenvalue weighted by Gasteiger charge is -2.39. The molecule has 3 atom stereocenters. The van der Waals surface area contributed by atoms with Crippen LogP contribution in [0.3, 0.4) is 0 Å². The average molecular weight is 707 g/mol. The van der Waals surface area contributed by atoms with Gasteiger partial charge >= 0.3 is 0 Å². The van der Waals surface area contributed by atoms with Gasteiger partial charge in [0.1, 0.15) is 0 Å². The Bertz CT molecular complexity index is 1740. The number of morpholine rings is 1. The van der Waals surface area contributed by atoms with Crippen molar-refractivity contribution >= 4 is 23.2 Å². The summed E-state index contributed by atoms with van der Waals surface area (Å²) in [5, 5.41) is 15.4. The molecule has 10 heteroatoms. The van der Waals surface area contributed by atoms with E-state index in [1.807, 2.05) is 48.5 Å². The summed E-state index contributed by atoms with van der Waals surface area (Å²) in [5.74, 6) is -0.0748. The van der Waals surface area contributed by atoms with Gasteiger partial charge in [-0.2, -0.15) is 0 Å². The van der Waals surface area contributed by atoms with Crippen molar-refractivity contribution < 1.29 is 28.9 Å². The second-order valence-corrected chi connectivity index (χ2v) is 13.6. The molecule has 2 aliphatic rings. The van der Waals surface area contributed by atoms with Crippen molar-refractivity contribution in [1.29, 1.82) is 0 Å². The van der Waals surface area contributed by atoms with E-state index in [0.717, 1.165) is 85.5 Å². The van der Waals surface area contributed by atoms with Crippen LogP contribution in [0.5, 0.6) is 0 Å². The maximum absolute atomic E-state index is 12.6. The van der Waals surface area contributed by atoms with E-state index in [-0.39, 0.29) is 30.6 Å². The van der Waals surface area contributed by atoms with Crippen LogP contribution < -0.4 is 16.4 Å². The van der Waals surface area contributed by atoms with E-state index in [1.54, 1.807) is 12.1 Å². The first-order valence-electron chi connectivity index (χ1n) is 18.3. The highest BCUT2D eigenvalue weighted by Gasteiger charge is 2.33. The number of hydrogen-bond donors (Lipinski definition) is 4. The fraction of sp³-hybridized carbons (Fsp3) is 0.381. The predicted molar refractivity (Wildman–Crippen MR) is 202 cm³/mol. The average Bonchev–Trinajstić information content (AvgIpc) is 3.18. The zero-order valence-electron chi connectivity index (χ0n) is 29.7. The number of aliphatic hydroxyl groups excluding tert-OH is 1. The van der Waals surface area contributed by atoms with Crippen LogP contribution in [0.1, 0.15) is 73.2 Å². The normalized spacial score (nSPS) is 19.2. The molecule has 5 N–H and O–H groups in total. The number of amides is 2. The van der Waals surface area contributed by atoms with Gasteiger partial charge in [0.25, 0.3) is 0 Å². The van der Waals surface area contributed by atoms with E-state index in [9.17, 15) is 14.7 Å².